The zero-order valence-electron chi connectivity index (χ0n) is 16.0. The van der Waals surface area contributed by atoms with E-state index in [4.69, 9.17) is 21.7 Å². The third kappa shape index (κ3) is 6.13. The Balaban J connectivity index is 1.62. The molecule has 0 saturated carbocycles. The van der Waals surface area contributed by atoms with E-state index in [9.17, 15) is 4.79 Å². The van der Waals surface area contributed by atoms with Crippen molar-refractivity contribution in [2.75, 3.05) is 12.4 Å². The molecule has 0 saturated heterocycles. The molecule has 2 N–H and O–H groups in total. The Kier molecular flexibility index (Phi) is 7.53. The van der Waals surface area contributed by atoms with Gasteiger partial charge in [-0.15, -0.1) is 0 Å². The van der Waals surface area contributed by atoms with Crippen molar-refractivity contribution >= 4 is 51.1 Å². The molecular weight excluding hydrogens is 466 g/mol. The van der Waals surface area contributed by atoms with Crippen LogP contribution in [0.25, 0.3) is 0 Å². The number of nitrogens with one attached hydrogen (secondary N) is 2. The minimum Gasteiger partial charge on any atom is -0.493 e. The number of hydrogen-bond donors (Lipinski definition) is 2. The van der Waals surface area contributed by atoms with Crippen molar-refractivity contribution in [1.82, 2.24) is 5.43 Å². The Labute approximate surface area is 188 Å². The molecular formula is C22H18BrN3O3S. The smallest absolute Gasteiger partial charge is 0.343 e. The summed E-state index contributed by atoms with van der Waals surface area (Å²) >= 11 is 8.54. The number of carbonyl (C=O) groups excluding carboxylic acids is 1. The standard InChI is InChI=1S/C22H18BrN3O3S/c1-28-20-12-15(14-24-26-22(30)25-18-8-3-2-4-9-18)10-11-19(20)29-21(27)16-6-5-7-17(23)13-16/h2-14H,1H3,(H2,25,26,30)/b24-14+. The van der Waals surface area contributed by atoms with E-state index in [1.54, 1.807) is 42.6 Å². The zero-order valence-corrected chi connectivity index (χ0v) is 18.4. The number of ether oxygens (including phenoxy) is 2. The van der Waals surface area contributed by atoms with Gasteiger partial charge in [0.05, 0.1) is 18.9 Å². The third-order valence-electron chi connectivity index (χ3n) is 3.86. The first-order valence-electron chi connectivity index (χ1n) is 8.86. The second-order valence-corrected chi connectivity index (χ2v) is 7.32. The van der Waals surface area contributed by atoms with E-state index in [0.29, 0.717) is 22.2 Å². The summed E-state index contributed by atoms with van der Waals surface area (Å²) in [6.07, 6.45) is 1.58. The number of methoxy groups -OCH3 is 1. The number of anilines is 1. The number of nitrogens with zero attached hydrogens (tertiary/aromatic N) is 1. The molecule has 0 aliphatic rings. The van der Waals surface area contributed by atoms with Gasteiger partial charge in [0.25, 0.3) is 0 Å². The van der Waals surface area contributed by atoms with Gasteiger partial charge >= 0.3 is 5.97 Å². The Morgan fingerprint density at radius 3 is 2.57 bits per heavy atom. The molecule has 0 aliphatic carbocycles. The Hall–Kier alpha value is -3.23. The number of hydrogen-bond acceptors (Lipinski definition) is 5. The predicted molar refractivity (Wildman–Crippen MR) is 125 cm³/mol. The number of thiocarbonyl (C=S) groups is 1. The molecule has 0 spiro atoms. The molecule has 3 rings (SSSR count). The summed E-state index contributed by atoms with van der Waals surface area (Å²) < 4.78 is 11.6. The first-order valence-corrected chi connectivity index (χ1v) is 10.1. The second-order valence-electron chi connectivity index (χ2n) is 6.00. The van der Waals surface area contributed by atoms with Gasteiger partial charge < -0.3 is 14.8 Å². The Bertz CT molecular complexity index is 1070. The van der Waals surface area contributed by atoms with Gasteiger partial charge in [0.1, 0.15) is 0 Å². The lowest BCUT2D eigenvalue weighted by Crippen LogP contribution is -2.23. The van der Waals surface area contributed by atoms with Crippen molar-refractivity contribution in [3.8, 4) is 11.5 Å². The van der Waals surface area contributed by atoms with Crippen molar-refractivity contribution < 1.29 is 14.3 Å². The Morgan fingerprint density at radius 1 is 1.03 bits per heavy atom. The maximum Gasteiger partial charge on any atom is 0.343 e. The van der Waals surface area contributed by atoms with Crippen LogP contribution in [0.3, 0.4) is 0 Å². The maximum absolute atomic E-state index is 12.4. The lowest BCUT2D eigenvalue weighted by atomic mass is 10.2. The Morgan fingerprint density at radius 2 is 1.83 bits per heavy atom. The van der Waals surface area contributed by atoms with E-state index in [0.717, 1.165) is 15.7 Å². The van der Waals surface area contributed by atoms with Crippen LogP contribution in [-0.4, -0.2) is 24.4 Å². The van der Waals surface area contributed by atoms with Crippen LogP contribution < -0.4 is 20.2 Å². The molecule has 152 valence electrons. The summed E-state index contributed by atoms with van der Waals surface area (Å²) in [5.74, 6) is 0.246. The molecule has 3 aromatic carbocycles. The highest BCUT2D eigenvalue weighted by Crippen LogP contribution is 2.28. The molecule has 0 aromatic heterocycles. The lowest BCUT2D eigenvalue weighted by Gasteiger charge is -2.10. The van der Waals surface area contributed by atoms with Gasteiger partial charge in [-0.25, -0.2) is 4.79 Å². The van der Waals surface area contributed by atoms with Crippen LogP contribution >= 0.6 is 28.1 Å². The van der Waals surface area contributed by atoms with Gasteiger partial charge in [0.2, 0.25) is 0 Å². The van der Waals surface area contributed by atoms with Gasteiger partial charge in [-0.2, -0.15) is 5.10 Å². The highest BCUT2D eigenvalue weighted by Gasteiger charge is 2.13. The minimum absolute atomic E-state index is 0.314. The largest absolute Gasteiger partial charge is 0.493 e. The molecule has 0 fully saturated rings. The van der Waals surface area contributed by atoms with E-state index in [1.165, 1.54) is 7.11 Å². The number of halogens is 1. The summed E-state index contributed by atoms with van der Waals surface area (Å²) in [4.78, 5) is 12.4. The molecule has 0 bridgehead atoms. The van der Waals surface area contributed by atoms with Crippen molar-refractivity contribution in [3.63, 3.8) is 0 Å². The van der Waals surface area contributed by atoms with Gasteiger partial charge in [0, 0.05) is 10.2 Å². The monoisotopic (exact) mass is 483 g/mol. The number of esters is 1. The quantitative estimate of drug-likeness (QED) is 0.169. The minimum atomic E-state index is -0.477. The molecule has 3 aromatic rings. The number of benzene rings is 3. The fraction of sp³-hybridized carbons (Fsp3) is 0.0455. The summed E-state index contributed by atoms with van der Waals surface area (Å²) in [6, 6.07) is 21.6. The molecule has 0 amide bonds. The predicted octanol–water partition coefficient (Wildman–Crippen LogP) is 5.00. The van der Waals surface area contributed by atoms with Crippen molar-refractivity contribution in [2.45, 2.75) is 0 Å². The van der Waals surface area contributed by atoms with Crippen molar-refractivity contribution in [2.24, 2.45) is 5.10 Å². The molecule has 0 heterocycles. The van der Waals surface area contributed by atoms with Crippen LogP contribution in [0.15, 0.2) is 82.4 Å². The number of hydrazone groups is 1. The van der Waals surface area contributed by atoms with Gasteiger partial charge in [-0.1, -0.05) is 40.2 Å². The molecule has 8 heteroatoms. The number of rotatable bonds is 6. The van der Waals surface area contributed by atoms with E-state index in [-0.39, 0.29) is 0 Å². The molecule has 0 atom stereocenters. The summed E-state index contributed by atoms with van der Waals surface area (Å²) in [5, 5.41) is 7.50. The van der Waals surface area contributed by atoms with Crippen molar-refractivity contribution in [3.05, 3.63) is 88.4 Å². The number of para-hydroxylation sites is 1. The van der Waals surface area contributed by atoms with Crippen LogP contribution in [0.2, 0.25) is 0 Å². The molecule has 0 unspecified atom stereocenters. The van der Waals surface area contributed by atoms with Gasteiger partial charge in [-0.3, -0.25) is 5.43 Å². The summed E-state index contributed by atoms with van der Waals surface area (Å²) in [7, 11) is 1.50. The average Bonchev–Trinajstić information content (AvgIpc) is 2.75. The van der Waals surface area contributed by atoms with Crippen molar-refractivity contribution in [1.29, 1.82) is 0 Å². The third-order valence-corrected chi connectivity index (χ3v) is 4.55. The van der Waals surface area contributed by atoms with E-state index in [2.05, 4.69) is 31.8 Å². The average molecular weight is 484 g/mol. The molecule has 6 nitrogen and oxygen atoms in total. The van der Waals surface area contributed by atoms with Gasteiger partial charge in [-0.05, 0) is 66.3 Å². The highest BCUT2D eigenvalue weighted by atomic mass is 79.9. The highest BCUT2D eigenvalue weighted by molar-refractivity contribution is 9.10. The molecule has 0 aliphatic heterocycles. The van der Waals surface area contributed by atoms with Crippen LogP contribution in [-0.2, 0) is 0 Å². The summed E-state index contributed by atoms with van der Waals surface area (Å²) in [5.41, 5.74) is 4.79. The fourth-order valence-electron chi connectivity index (χ4n) is 2.47. The maximum atomic E-state index is 12.4. The second kappa shape index (κ2) is 10.5. The lowest BCUT2D eigenvalue weighted by molar-refractivity contribution is 0.0729. The summed E-state index contributed by atoms with van der Waals surface area (Å²) in [6.45, 7) is 0. The molecule has 30 heavy (non-hydrogen) atoms. The van der Waals surface area contributed by atoms with Crippen LogP contribution in [0.1, 0.15) is 15.9 Å². The molecule has 0 radical (unpaired) electrons. The van der Waals surface area contributed by atoms with Crippen LogP contribution in [0.4, 0.5) is 5.69 Å². The number of carbonyl (C=O) groups is 1. The van der Waals surface area contributed by atoms with E-state index < -0.39 is 5.97 Å². The first kappa shape index (κ1) is 21.5. The zero-order chi connectivity index (χ0) is 21.3. The first-order chi connectivity index (χ1) is 14.5. The van der Waals surface area contributed by atoms with Crippen LogP contribution in [0.5, 0.6) is 11.5 Å². The SMILES string of the molecule is COc1cc(/C=N/NC(=S)Nc2ccccc2)ccc1OC(=O)c1cccc(Br)c1. The van der Waals surface area contributed by atoms with Crippen LogP contribution in [0, 0.1) is 0 Å². The fourth-order valence-corrected chi connectivity index (χ4v) is 3.04. The van der Waals surface area contributed by atoms with E-state index >= 15 is 0 Å². The van der Waals surface area contributed by atoms with Gasteiger partial charge in [0.15, 0.2) is 16.6 Å². The topological polar surface area (TPSA) is 71.9 Å². The normalized spacial score (nSPS) is 10.5. The van der Waals surface area contributed by atoms with E-state index in [1.807, 2.05) is 36.4 Å².